The normalized spacial score (nSPS) is 11.7. The van der Waals surface area contributed by atoms with Gasteiger partial charge in [0, 0.05) is 6.61 Å². The Morgan fingerprint density at radius 3 is 1.50 bits per heavy atom. The van der Waals surface area contributed by atoms with E-state index < -0.39 is 34.4 Å². The van der Waals surface area contributed by atoms with E-state index in [4.69, 9.17) is 29.0 Å². The second-order valence-electron chi connectivity index (χ2n) is 9.64. The van der Waals surface area contributed by atoms with Gasteiger partial charge in [-0.3, -0.25) is 9.78 Å². The molecule has 38 heavy (non-hydrogen) atoms. The summed E-state index contributed by atoms with van der Waals surface area (Å²) in [4.78, 5) is 45.1. The molecule has 10 heteroatoms. The van der Waals surface area contributed by atoms with Crippen LogP contribution in [0, 0.1) is 0 Å². The van der Waals surface area contributed by atoms with E-state index in [2.05, 4.69) is 39.3 Å². The lowest BCUT2D eigenvalue weighted by molar-refractivity contribution is -0.427. The molecular weight excluding hydrogens is 520 g/mol. The third-order valence-electron chi connectivity index (χ3n) is 6.04. The molecular formula is C28H38O8Si2. The molecule has 0 saturated heterocycles. The zero-order chi connectivity index (χ0) is 28.2. The van der Waals surface area contributed by atoms with Crippen molar-refractivity contribution < 1.29 is 38.6 Å². The molecule has 8 nitrogen and oxygen atoms in total. The van der Waals surface area contributed by atoms with Crippen molar-refractivity contribution in [2.45, 2.75) is 39.4 Å². The first-order chi connectivity index (χ1) is 18.0. The fourth-order valence-corrected chi connectivity index (χ4v) is 5.63. The number of carbonyl (C=O) groups excluding carboxylic acids is 2. The largest absolute Gasteiger partial charge is 0.379 e. The van der Waals surface area contributed by atoms with E-state index in [-0.39, 0.29) is 13.2 Å². The third kappa shape index (κ3) is 9.46. The van der Waals surface area contributed by atoms with E-state index in [1.807, 2.05) is 42.6 Å². The first kappa shape index (κ1) is 31.4. The lowest BCUT2D eigenvalue weighted by atomic mass is 10.2. The van der Waals surface area contributed by atoms with Gasteiger partial charge in [0.15, 0.2) is 0 Å². The molecule has 0 aliphatic heterocycles. The maximum absolute atomic E-state index is 12.5. The summed E-state index contributed by atoms with van der Waals surface area (Å²) in [6.07, 6.45) is -1.32. The van der Waals surface area contributed by atoms with Crippen molar-refractivity contribution in [3.63, 3.8) is 0 Å². The maximum atomic E-state index is 12.5. The van der Waals surface area contributed by atoms with Gasteiger partial charge in [-0.25, -0.2) is 9.59 Å². The van der Waals surface area contributed by atoms with Gasteiger partial charge in [-0.2, -0.15) is 0 Å². The summed E-state index contributed by atoms with van der Waals surface area (Å²) < 4.78 is 10.7. The Morgan fingerprint density at radius 1 is 0.737 bits per heavy atom. The Balaban J connectivity index is 1.98. The molecule has 2 rings (SSSR count). The highest BCUT2D eigenvalue weighted by molar-refractivity contribution is 6.94. The molecule has 2 aromatic carbocycles. The lowest BCUT2D eigenvalue weighted by Crippen LogP contribution is -2.39. The quantitative estimate of drug-likeness (QED) is 0.0995. The highest BCUT2D eigenvalue weighted by Crippen LogP contribution is 2.11. The van der Waals surface area contributed by atoms with Crippen LogP contribution in [0.5, 0.6) is 0 Å². The Morgan fingerprint density at radius 2 is 1.13 bits per heavy atom. The summed E-state index contributed by atoms with van der Waals surface area (Å²) in [6.45, 7) is 19.3. The summed E-state index contributed by atoms with van der Waals surface area (Å²) in [5.41, 5.74) is 4.52. The number of carbonyl (C=O) groups is 2. The predicted molar refractivity (Wildman–Crippen MR) is 152 cm³/mol. The molecule has 0 radical (unpaired) electrons. The molecule has 0 fully saturated rings. The molecule has 0 spiro atoms. The maximum Gasteiger partial charge on any atom is 0.373 e. The van der Waals surface area contributed by atoms with Crippen LogP contribution in [-0.2, 0) is 29.0 Å². The highest BCUT2D eigenvalue weighted by Gasteiger charge is 2.23. The lowest BCUT2D eigenvalue weighted by Gasteiger charge is -2.18. The summed E-state index contributed by atoms with van der Waals surface area (Å²) in [5.74, 6) is -1.46. The molecule has 0 unspecified atom stereocenters. The molecule has 0 N–H and O–H groups in total. The van der Waals surface area contributed by atoms with Gasteiger partial charge in [0.1, 0.15) is 22.8 Å². The van der Waals surface area contributed by atoms with E-state index in [0.29, 0.717) is 24.3 Å². The topological polar surface area (TPSA) is 89.5 Å². The van der Waals surface area contributed by atoms with Gasteiger partial charge in [-0.1, -0.05) is 72.2 Å². The summed E-state index contributed by atoms with van der Waals surface area (Å²) in [6, 6.07) is 14.1. The molecule has 0 aliphatic rings. The number of ether oxygens (including phenoxy) is 2. The van der Waals surface area contributed by atoms with Crippen LogP contribution in [0.2, 0.25) is 26.2 Å². The highest BCUT2D eigenvalue weighted by atomic mass is 28.3. The van der Waals surface area contributed by atoms with Gasteiger partial charge >= 0.3 is 11.9 Å². The van der Waals surface area contributed by atoms with Gasteiger partial charge in [0.05, 0.1) is 24.3 Å². The molecule has 0 saturated carbocycles. The van der Waals surface area contributed by atoms with E-state index in [1.165, 1.54) is 0 Å². The minimum atomic E-state index is -1.75. The van der Waals surface area contributed by atoms with Crippen LogP contribution >= 0.6 is 0 Å². The fraction of sp³-hybridized carbons (Fsp3) is 0.357. The van der Waals surface area contributed by atoms with Crippen molar-refractivity contribution in [2.75, 3.05) is 26.4 Å². The van der Waals surface area contributed by atoms with Gasteiger partial charge in [-0.15, -0.1) is 22.9 Å². The van der Waals surface area contributed by atoms with Crippen molar-refractivity contribution in [2.24, 2.45) is 0 Å². The van der Waals surface area contributed by atoms with Crippen LogP contribution in [0.1, 0.15) is 27.6 Å². The van der Waals surface area contributed by atoms with Gasteiger partial charge in [0.25, 0.3) is 6.29 Å². The Hall–Kier alpha value is -2.87. The third-order valence-corrected chi connectivity index (χ3v) is 11.7. The molecule has 0 heterocycles. The SMILES string of the molecule is C=C[Si](C)(C)c1ccc(C(=O)OOC(COCCOCC)OOC(=O)c2ccc([Si](C)(C)C=C)cc2)cc1. The average molecular weight is 559 g/mol. The van der Waals surface area contributed by atoms with E-state index >= 15 is 0 Å². The zero-order valence-electron chi connectivity index (χ0n) is 22.9. The smallest absolute Gasteiger partial charge is 0.373 e. The first-order valence-electron chi connectivity index (χ1n) is 12.4. The molecule has 206 valence electrons. The van der Waals surface area contributed by atoms with Gasteiger partial charge in [0.2, 0.25) is 0 Å². The summed E-state index contributed by atoms with van der Waals surface area (Å²) in [5, 5.41) is 2.26. The molecule has 2 aromatic rings. The van der Waals surface area contributed by atoms with Gasteiger partial charge in [-0.05, 0) is 31.2 Å². The Labute approximate surface area is 227 Å². The number of rotatable bonds is 16. The predicted octanol–water partition coefficient (Wildman–Crippen LogP) is 4.22. The van der Waals surface area contributed by atoms with Crippen LogP contribution in [-0.4, -0.2) is 60.8 Å². The fourth-order valence-electron chi connectivity index (χ4n) is 3.11. The monoisotopic (exact) mass is 558 g/mol. The van der Waals surface area contributed by atoms with Crippen molar-refractivity contribution in [3.05, 3.63) is 84.2 Å². The Bertz CT molecular complexity index is 986. The van der Waals surface area contributed by atoms with E-state index in [9.17, 15) is 9.59 Å². The van der Waals surface area contributed by atoms with Crippen molar-refractivity contribution >= 4 is 38.5 Å². The number of hydrogen-bond acceptors (Lipinski definition) is 8. The zero-order valence-corrected chi connectivity index (χ0v) is 24.9. The standard InChI is InChI=1S/C28H38O8Si2/c1-8-31-19-20-32-21-26(33-35-27(29)22-11-15-24(16-12-22)37(4,5)9-2)34-36-28(30)23-13-17-25(18-14-23)38(6,7)10-3/h9-18,26H,2-3,8,19-21H2,1,4-7H3. The van der Waals surface area contributed by atoms with Gasteiger partial charge < -0.3 is 9.47 Å². The van der Waals surface area contributed by atoms with Crippen LogP contribution in [0.15, 0.2) is 73.1 Å². The molecule has 0 aliphatic carbocycles. The molecule has 0 aromatic heterocycles. The second kappa shape index (κ2) is 14.9. The van der Waals surface area contributed by atoms with Crippen molar-refractivity contribution in [1.29, 1.82) is 0 Å². The van der Waals surface area contributed by atoms with Crippen molar-refractivity contribution in [1.82, 2.24) is 0 Å². The van der Waals surface area contributed by atoms with Crippen LogP contribution in [0.25, 0.3) is 0 Å². The van der Waals surface area contributed by atoms with Crippen LogP contribution < -0.4 is 10.4 Å². The minimum Gasteiger partial charge on any atom is -0.379 e. The summed E-state index contributed by atoms with van der Waals surface area (Å²) >= 11 is 0. The van der Waals surface area contributed by atoms with Crippen LogP contribution in [0.4, 0.5) is 0 Å². The van der Waals surface area contributed by atoms with Crippen molar-refractivity contribution in [3.8, 4) is 0 Å². The second-order valence-corrected chi connectivity index (χ2v) is 18.5. The van der Waals surface area contributed by atoms with E-state index in [1.54, 1.807) is 24.3 Å². The Kier molecular flexibility index (Phi) is 12.3. The first-order valence-corrected chi connectivity index (χ1v) is 18.6. The molecule has 0 atom stereocenters. The van der Waals surface area contributed by atoms with E-state index in [0.717, 1.165) is 10.4 Å². The number of benzene rings is 2. The average Bonchev–Trinajstić information content (AvgIpc) is 2.93. The number of hydrogen-bond donors (Lipinski definition) is 0. The minimum absolute atomic E-state index is 0.177. The summed E-state index contributed by atoms with van der Waals surface area (Å²) in [7, 11) is -3.51. The molecule has 0 bridgehead atoms. The molecule has 0 amide bonds. The van der Waals surface area contributed by atoms with Crippen LogP contribution in [0.3, 0.4) is 0 Å².